The maximum atomic E-state index is 14.0. The predicted octanol–water partition coefficient (Wildman–Crippen LogP) is 5.25. The molecule has 2 aromatic carbocycles. The Morgan fingerprint density at radius 1 is 1.12 bits per heavy atom. The molecule has 0 bridgehead atoms. The van der Waals surface area contributed by atoms with Crippen LogP contribution in [0.15, 0.2) is 54.9 Å². The first-order valence-electron chi connectivity index (χ1n) is 13.7. The van der Waals surface area contributed by atoms with Gasteiger partial charge < -0.3 is 25.3 Å². The van der Waals surface area contributed by atoms with Gasteiger partial charge in [-0.05, 0) is 75.3 Å². The van der Waals surface area contributed by atoms with Crippen molar-refractivity contribution in [2.24, 2.45) is 0 Å². The Kier molecular flexibility index (Phi) is 7.11. The standard InChI is InChI=1S/C31H31F2N7O2/c1-18-12-28(42-30-22(32)7-4-8-23(30)33)35-17-27(18)40-31(34)21(16-36-40)29(41)25-14-20-13-19-6-5-9-39(11-10-38(2)3)26(19)15-24(20)37-25/h4,7-8,12-17,37H,5-6,9-11,34H2,1-3H3. The number of ketones is 1. The fraction of sp³-hybridized carbons (Fsp3) is 0.258. The summed E-state index contributed by atoms with van der Waals surface area (Å²) in [5.41, 5.74) is 11.6. The van der Waals surface area contributed by atoms with E-state index < -0.39 is 17.4 Å². The molecule has 0 fully saturated rings. The van der Waals surface area contributed by atoms with Crippen molar-refractivity contribution < 1.29 is 18.3 Å². The number of halogens is 2. The largest absolute Gasteiger partial charge is 0.433 e. The molecule has 5 aromatic rings. The third kappa shape index (κ3) is 5.07. The number of rotatable bonds is 8. The third-order valence-corrected chi connectivity index (χ3v) is 7.56. The molecule has 3 N–H and O–H groups in total. The average Bonchev–Trinajstić information content (AvgIpc) is 3.55. The fourth-order valence-corrected chi connectivity index (χ4v) is 5.32. The maximum Gasteiger partial charge on any atom is 0.219 e. The molecule has 6 rings (SSSR count). The zero-order valence-electron chi connectivity index (χ0n) is 23.6. The number of nitrogens with two attached hydrogens (primary N) is 1. The summed E-state index contributed by atoms with van der Waals surface area (Å²) < 4.78 is 34.8. The van der Waals surface area contributed by atoms with Crippen LogP contribution in [0.2, 0.25) is 0 Å². The molecule has 4 heterocycles. The van der Waals surface area contributed by atoms with Gasteiger partial charge in [0.1, 0.15) is 5.82 Å². The van der Waals surface area contributed by atoms with Crippen molar-refractivity contribution >= 4 is 28.2 Å². The number of hydrogen-bond acceptors (Lipinski definition) is 7. The van der Waals surface area contributed by atoms with Crippen LogP contribution in [0.25, 0.3) is 16.6 Å². The molecule has 0 radical (unpaired) electrons. The van der Waals surface area contributed by atoms with Crippen molar-refractivity contribution in [1.29, 1.82) is 0 Å². The van der Waals surface area contributed by atoms with Gasteiger partial charge >= 0.3 is 0 Å². The average molecular weight is 572 g/mol. The van der Waals surface area contributed by atoms with Crippen LogP contribution in [0, 0.1) is 18.6 Å². The van der Waals surface area contributed by atoms with E-state index in [0.29, 0.717) is 16.9 Å². The van der Waals surface area contributed by atoms with E-state index in [1.807, 2.05) is 6.07 Å². The molecule has 0 atom stereocenters. The highest BCUT2D eigenvalue weighted by molar-refractivity contribution is 6.12. The van der Waals surface area contributed by atoms with E-state index in [1.165, 1.54) is 40.5 Å². The summed E-state index contributed by atoms with van der Waals surface area (Å²) in [5, 5.41) is 5.31. The monoisotopic (exact) mass is 571 g/mol. The first-order valence-corrected chi connectivity index (χ1v) is 13.7. The van der Waals surface area contributed by atoms with Crippen molar-refractivity contribution in [3.63, 3.8) is 0 Å². The van der Waals surface area contributed by atoms with Crippen molar-refractivity contribution in [3.05, 3.63) is 88.9 Å². The number of nitrogens with zero attached hydrogens (tertiary/aromatic N) is 5. The lowest BCUT2D eigenvalue weighted by molar-refractivity contribution is 0.103. The lowest BCUT2D eigenvalue weighted by atomic mass is 9.99. The number of nitrogens with one attached hydrogen (secondary N) is 1. The number of aryl methyl sites for hydroxylation is 2. The molecule has 9 nitrogen and oxygen atoms in total. The van der Waals surface area contributed by atoms with Gasteiger partial charge in [-0.1, -0.05) is 6.07 Å². The third-order valence-electron chi connectivity index (χ3n) is 7.56. The van der Waals surface area contributed by atoms with E-state index in [4.69, 9.17) is 10.5 Å². The van der Waals surface area contributed by atoms with E-state index in [2.05, 4.69) is 51.1 Å². The highest BCUT2D eigenvalue weighted by Crippen LogP contribution is 2.33. The van der Waals surface area contributed by atoms with E-state index >= 15 is 0 Å². The van der Waals surface area contributed by atoms with Crippen LogP contribution in [0.1, 0.15) is 33.6 Å². The zero-order valence-corrected chi connectivity index (χ0v) is 23.6. The zero-order chi connectivity index (χ0) is 29.5. The van der Waals surface area contributed by atoms with Crippen LogP contribution in [-0.4, -0.2) is 64.2 Å². The lowest BCUT2D eigenvalue weighted by Crippen LogP contribution is -2.35. The summed E-state index contributed by atoms with van der Waals surface area (Å²) in [6, 6.07) is 11.1. The minimum absolute atomic E-state index is 0.00308. The summed E-state index contributed by atoms with van der Waals surface area (Å²) in [5.74, 6) is -2.34. The number of pyridine rings is 1. The molecule has 1 aliphatic heterocycles. The smallest absolute Gasteiger partial charge is 0.219 e. The number of carbonyl (C=O) groups is 1. The number of fused-ring (bicyclic) bond motifs is 2. The van der Waals surface area contributed by atoms with Crippen LogP contribution in [0.5, 0.6) is 11.6 Å². The second kappa shape index (κ2) is 10.9. The predicted molar refractivity (Wildman–Crippen MR) is 158 cm³/mol. The Hall–Kier alpha value is -4.77. The number of likely N-dealkylation sites (N-methyl/N-ethyl adjacent to an activating group) is 1. The van der Waals surface area contributed by atoms with Crippen molar-refractivity contribution in [2.75, 3.05) is 44.4 Å². The molecular formula is C31H31F2N7O2. The van der Waals surface area contributed by atoms with Crippen LogP contribution in [0.3, 0.4) is 0 Å². The summed E-state index contributed by atoms with van der Waals surface area (Å²) >= 11 is 0. The van der Waals surface area contributed by atoms with Crippen LogP contribution < -0.4 is 15.4 Å². The Balaban J connectivity index is 1.26. The van der Waals surface area contributed by atoms with Gasteiger partial charge in [0.2, 0.25) is 17.4 Å². The van der Waals surface area contributed by atoms with E-state index in [-0.39, 0.29) is 23.0 Å². The van der Waals surface area contributed by atoms with Crippen molar-refractivity contribution in [1.82, 2.24) is 24.6 Å². The highest BCUT2D eigenvalue weighted by atomic mass is 19.1. The van der Waals surface area contributed by atoms with Crippen molar-refractivity contribution in [3.8, 4) is 17.3 Å². The first-order chi connectivity index (χ1) is 20.2. The maximum absolute atomic E-state index is 14.0. The second-order valence-corrected chi connectivity index (χ2v) is 10.8. The normalized spacial score (nSPS) is 13.1. The molecule has 0 aliphatic carbocycles. The number of aromatic nitrogens is 4. The summed E-state index contributed by atoms with van der Waals surface area (Å²) in [7, 11) is 4.14. The molecule has 11 heteroatoms. The van der Waals surface area contributed by atoms with E-state index in [1.54, 1.807) is 6.92 Å². The number of H-pyrrole nitrogens is 1. The Morgan fingerprint density at radius 3 is 2.64 bits per heavy atom. The Morgan fingerprint density at radius 2 is 1.90 bits per heavy atom. The summed E-state index contributed by atoms with van der Waals surface area (Å²) in [6.45, 7) is 4.67. The number of aromatic amines is 1. The van der Waals surface area contributed by atoms with E-state index in [9.17, 15) is 13.6 Å². The number of hydrogen-bond donors (Lipinski definition) is 2. The topological polar surface area (TPSA) is 105 Å². The molecule has 3 aromatic heterocycles. The van der Waals surface area contributed by atoms with Gasteiger partial charge in [0.05, 0.1) is 29.3 Å². The van der Waals surface area contributed by atoms with Crippen LogP contribution >= 0.6 is 0 Å². The Labute approximate surface area is 241 Å². The molecule has 42 heavy (non-hydrogen) atoms. The Bertz CT molecular complexity index is 1790. The van der Waals surface area contributed by atoms with E-state index in [0.717, 1.165) is 55.5 Å². The molecule has 216 valence electrons. The number of carbonyl (C=O) groups excluding carboxylic acids is 1. The molecular weight excluding hydrogens is 540 g/mol. The molecule has 0 saturated heterocycles. The lowest BCUT2D eigenvalue weighted by Gasteiger charge is -2.32. The molecule has 0 saturated carbocycles. The highest BCUT2D eigenvalue weighted by Gasteiger charge is 2.23. The first kappa shape index (κ1) is 27.4. The summed E-state index contributed by atoms with van der Waals surface area (Å²) in [4.78, 5) is 25.6. The van der Waals surface area contributed by atoms with Gasteiger partial charge in [0.25, 0.3) is 0 Å². The van der Waals surface area contributed by atoms with Gasteiger partial charge in [-0.25, -0.2) is 18.4 Å². The van der Waals surface area contributed by atoms with Gasteiger partial charge in [-0.3, -0.25) is 4.79 Å². The van der Waals surface area contributed by atoms with Crippen molar-refractivity contribution in [2.45, 2.75) is 19.8 Å². The van der Waals surface area contributed by atoms with Gasteiger partial charge in [0, 0.05) is 42.3 Å². The van der Waals surface area contributed by atoms with Gasteiger partial charge in [-0.15, -0.1) is 0 Å². The minimum atomic E-state index is -0.836. The fourth-order valence-electron chi connectivity index (χ4n) is 5.32. The number of para-hydroxylation sites is 1. The van der Waals surface area contributed by atoms with Gasteiger partial charge in [-0.2, -0.15) is 5.10 Å². The molecule has 0 unspecified atom stereocenters. The quantitative estimate of drug-likeness (QED) is 0.245. The summed E-state index contributed by atoms with van der Waals surface area (Å²) in [6.07, 6.45) is 4.95. The number of nitrogen functional groups attached to an aromatic ring is 1. The second-order valence-electron chi connectivity index (χ2n) is 10.8. The number of anilines is 2. The molecule has 0 spiro atoms. The number of benzene rings is 2. The molecule has 0 amide bonds. The van der Waals surface area contributed by atoms with Gasteiger partial charge in [0.15, 0.2) is 11.6 Å². The van der Waals surface area contributed by atoms with Crippen LogP contribution in [0.4, 0.5) is 20.3 Å². The van der Waals surface area contributed by atoms with Crippen LogP contribution in [-0.2, 0) is 6.42 Å². The minimum Gasteiger partial charge on any atom is -0.433 e. The SMILES string of the molecule is Cc1cc(Oc2c(F)cccc2F)ncc1-n1ncc(C(=O)c2cc3cc4c(cc3[nH]2)N(CCN(C)C)CCC4)c1N. The number of ether oxygens (including phenoxy) is 1. The molecule has 1 aliphatic rings.